The highest BCUT2D eigenvalue weighted by Gasteiger charge is 2.19. The van der Waals surface area contributed by atoms with Gasteiger partial charge >= 0.3 is 5.97 Å². The Hall–Kier alpha value is -4.12. The monoisotopic (exact) mass is 457 g/mol. The maximum Gasteiger partial charge on any atom is 0.338 e. The van der Waals surface area contributed by atoms with Crippen molar-refractivity contribution in [1.29, 1.82) is 0 Å². The summed E-state index contributed by atoms with van der Waals surface area (Å²) in [4.78, 5) is 48.1. The molecule has 0 radical (unpaired) electrons. The fourth-order valence-electron chi connectivity index (χ4n) is 2.66. The number of esters is 1. The molecule has 11 heteroatoms. The molecule has 0 spiro atoms. The number of hydrogen-bond acceptors (Lipinski definition) is 7. The van der Waals surface area contributed by atoms with Gasteiger partial charge in [0.1, 0.15) is 5.82 Å². The van der Waals surface area contributed by atoms with Gasteiger partial charge in [0.25, 0.3) is 17.5 Å². The minimum absolute atomic E-state index is 0.0554. The first-order valence-electron chi connectivity index (χ1n) is 9.21. The second kappa shape index (κ2) is 9.79. The van der Waals surface area contributed by atoms with Gasteiger partial charge in [-0.3, -0.25) is 30.6 Å². The standard InChI is InChI=1S/C21H16FN3O6S/c1-2-31-21(28)14-9-13(10-16(11-14)25(29)30)19(26)23-24-20(27)18-8-7-17(32-18)12-3-5-15(22)6-4-12/h3-11H,2H2,1H3,(H,23,26)(H,24,27). The van der Waals surface area contributed by atoms with E-state index in [0.717, 1.165) is 40.0 Å². The first-order valence-corrected chi connectivity index (χ1v) is 10.0. The predicted molar refractivity (Wildman–Crippen MR) is 114 cm³/mol. The van der Waals surface area contributed by atoms with Crippen molar-refractivity contribution in [2.75, 3.05) is 6.61 Å². The Bertz CT molecular complexity index is 1190. The molecule has 0 saturated heterocycles. The Morgan fingerprint density at radius 2 is 1.66 bits per heavy atom. The van der Waals surface area contributed by atoms with Crippen molar-refractivity contribution >= 4 is 34.8 Å². The Morgan fingerprint density at radius 1 is 1.00 bits per heavy atom. The molecule has 0 fully saturated rings. The number of ether oxygens (including phenoxy) is 1. The lowest BCUT2D eigenvalue weighted by atomic mass is 10.1. The minimum atomic E-state index is -0.858. The Morgan fingerprint density at radius 3 is 2.31 bits per heavy atom. The zero-order valence-corrected chi connectivity index (χ0v) is 17.4. The summed E-state index contributed by atoms with van der Waals surface area (Å²) in [7, 11) is 0. The molecule has 0 bridgehead atoms. The summed E-state index contributed by atoms with van der Waals surface area (Å²) in [6, 6.07) is 12.1. The molecule has 1 heterocycles. The molecule has 1 aromatic heterocycles. The van der Waals surface area contributed by atoms with Crippen LogP contribution in [0, 0.1) is 15.9 Å². The topological polar surface area (TPSA) is 128 Å². The molecule has 32 heavy (non-hydrogen) atoms. The molecule has 3 rings (SSSR count). The summed E-state index contributed by atoms with van der Waals surface area (Å²) >= 11 is 1.13. The third-order valence-electron chi connectivity index (χ3n) is 4.15. The lowest BCUT2D eigenvalue weighted by Crippen LogP contribution is -2.41. The molecule has 2 N–H and O–H groups in total. The molecular formula is C21H16FN3O6S. The highest BCUT2D eigenvalue weighted by molar-refractivity contribution is 7.17. The zero-order valence-electron chi connectivity index (χ0n) is 16.6. The van der Waals surface area contributed by atoms with Crippen LogP contribution in [0.4, 0.5) is 10.1 Å². The van der Waals surface area contributed by atoms with Crippen LogP contribution in [0.25, 0.3) is 10.4 Å². The fraction of sp³-hybridized carbons (Fsp3) is 0.0952. The van der Waals surface area contributed by atoms with Crippen molar-refractivity contribution in [3.05, 3.63) is 86.5 Å². The average molecular weight is 457 g/mol. The summed E-state index contributed by atoms with van der Waals surface area (Å²) in [5.74, 6) is -2.67. The number of halogens is 1. The summed E-state index contributed by atoms with van der Waals surface area (Å²) in [6.07, 6.45) is 0. The SMILES string of the molecule is CCOC(=O)c1cc(C(=O)NNC(=O)c2ccc(-c3ccc(F)cc3)s2)cc([N+](=O)[O-])c1. The van der Waals surface area contributed by atoms with Gasteiger partial charge in [0.2, 0.25) is 0 Å². The lowest BCUT2D eigenvalue weighted by molar-refractivity contribution is -0.384. The van der Waals surface area contributed by atoms with E-state index < -0.39 is 28.4 Å². The van der Waals surface area contributed by atoms with Crippen LogP contribution in [-0.2, 0) is 4.74 Å². The average Bonchev–Trinajstić information content (AvgIpc) is 3.28. The number of nitrogens with one attached hydrogen (secondary N) is 2. The van der Waals surface area contributed by atoms with Crippen molar-refractivity contribution in [3.63, 3.8) is 0 Å². The van der Waals surface area contributed by atoms with E-state index in [9.17, 15) is 28.9 Å². The van der Waals surface area contributed by atoms with Crippen LogP contribution in [0.2, 0.25) is 0 Å². The fourth-order valence-corrected chi connectivity index (χ4v) is 3.56. The van der Waals surface area contributed by atoms with E-state index in [-0.39, 0.29) is 28.4 Å². The molecule has 2 aromatic carbocycles. The van der Waals surface area contributed by atoms with Gasteiger partial charge in [0.05, 0.1) is 22.0 Å². The molecule has 0 aliphatic carbocycles. The van der Waals surface area contributed by atoms with Crippen molar-refractivity contribution in [1.82, 2.24) is 10.9 Å². The highest BCUT2D eigenvalue weighted by Crippen LogP contribution is 2.28. The third kappa shape index (κ3) is 5.32. The maximum absolute atomic E-state index is 13.1. The minimum Gasteiger partial charge on any atom is -0.462 e. The van der Waals surface area contributed by atoms with Crippen molar-refractivity contribution in [2.24, 2.45) is 0 Å². The van der Waals surface area contributed by atoms with E-state index in [1.807, 2.05) is 0 Å². The molecule has 9 nitrogen and oxygen atoms in total. The number of hydrazine groups is 1. The molecule has 0 aliphatic rings. The van der Waals surface area contributed by atoms with Crippen LogP contribution in [-0.4, -0.2) is 29.3 Å². The number of nitro benzene ring substituents is 1. The quantitative estimate of drug-likeness (QED) is 0.330. The summed E-state index contributed by atoms with van der Waals surface area (Å²) in [6.45, 7) is 1.63. The molecule has 0 atom stereocenters. The third-order valence-corrected chi connectivity index (χ3v) is 5.28. The Balaban J connectivity index is 1.71. The molecular weight excluding hydrogens is 441 g/mol. The van der Waals surface area contributed by atoms with Crippen LogP contribution in [0.1, 0.15) is 37.3 Å². The number of hydrogen-bond donors (Lipinski definition) is 2. The van der Waals surface area contributed by atoms with Crippen LogP contribution < -0.4 is 10.9 Å². The number of nitro groups is 1. The van der Waals surface area contributed by atoms with Crippen LogP contribution in [0.3, 0.4) is 0 Å². The smallest absolute Gasteiger partial charge is 0.338 e. The Kier molecular flexibility index (Phi) is 6.90. The number of carbonyl (C=O) groups excluding carboxylic acids is 3. The number of nitrogens with zero attached hydrogens (tertiary/aromatic N) is 1. The van der Waals surface area contributed by atoms with Gasteiger partial charge in [-0.15, -0.1) is 11.3 Å². The number of carbonyl (C=O) groups is 3. The van der Waals surface area contributed by atoms with Crippen LogP contribution in [0.15, 0.2) is 54.6 Å². The normalized spacial score (nSPS) is 10.3. The van der Waals surface area contributed by atoms with Crippen molar-refractivity contribution in [2.45, 2.75) is 6.92 Å². The molecule has 3 aromatic rings. The van der Waals surface area contributed by atoms with Gasteiger partial charge in [-0.05, 0) is 42.8 Å². The highest BCUT2D eigenvalue weighted by atomic mass is 32.1. The maximum atomic E-state index is 13.1. The first kappa shape index (κ1) is 22.6. The molecule has 0 saturated carbocycles. The summed E-state index contributed by atoms with van der Waals surface area (Å²) < 4.78 is 17.9. The molecule has 2 amide bonds. The zero-order chi connectivity index (χ0) is 23.3. The van der Waals surface area contributed by atoms with Crippen molar-refractivity contribution < 1.29 is 28.4 Å². The lowest BCUT2D eigenvalue weighted by Gasteiger charge is -2.08. The van der Waals surface area contributed by atoms with Gasteiger partial charge in [-0.1, -0.05) is 12.1 Å². The van der Waals surface area contributed by atoms with E-state index in [4.69, 9.17) is 4.74 Å². The van der Waals surface area contributed by atoms with Crippen molar-refractivity contribution in [3.8, 4) is 10.4 Å². The van der Waals surface area contributed by atoms with E-state index in [2.05, 4.69) is 10.9 Å². The molecule has 0 aliphatic heterocycles. The summed E-state index contributed by atoms with van der Waals surface area (Å²) in [5.41, 5.74) is 4.25. The van der Waals surface area contributed by atoms with Crippen LogP contribution in [0.5, 0.6) is 0 Å². The molecule has 164 valence electrons. The second-order valence-corrected chi connectivity index (χ2v) is 7.41. The van der Waals surface area contributed by atoms with E-state index in [1.54, 1.807) is 25.1 Å². The number of thiophene rings is 1. The van der Waals surface area contributed by atoms with E-state index >= 15 is 0 Å². The number of amides is 2. The van der Waals surface area contributed by atoms with Gasteiger partial charge in [0.15, 0.2) is 0 Å². The number of benzene rings is 2. The van der Waals surface area contributed by atoms with Gasteiger partial charge in [-0.25, -0.2) is 9.18 Å². The Labute approximate surface area is 184 Å². The van der Waals surface area contributed by atoms with Gasteiger partial charge in [-0.2, -0.15) is 0 Å². The molecule has 0 unspecified atom stereocenters. The van der Waals surface area contributed by atoms with Gasteiger partial charge in [0, 0.05) is 22.6 Å². The number of rotatable bonds is 6. The summed E-state index contributed by atoms with van der Waals surface area (Å²) in [5, 5.41) is 11.1. The number of non-ortho nitro benzene ring substituents is 1. The first-order chi connectivity index (χ1) is 15.3. The van der Waals surface area contributed by atoms with Gasteiger partial charge < -0.3 is 4.74 Å². The predicted octanol–water partition coefficient (Wildman–Crippen LogP) is 3.71. The largest absolute Gasteiger partial charge is 0.462 e. The van der Waals surface area contributed by atoms with E-state index in [1.165, 1.54) is 18.2 Å². The second-order valence-electron chi connectivity index (χ2n) is 6.33. The van der Waals surface area contributed by atoms with E-state index in [0.29, 0.717) is 0 Å². The van der Waals surface area contributed by atoms with Crippen LogP contribution >= 0.6 is 11.3 Å².